The Morgan fingerprint density at radius 2 is 2.35 bits per heavy atom. The Morgan fingerprint density at radius 1 is 1.55 bits per heavy atom. The molecule has 0 saturated carbocycles. The van der Waals surface area contributed by atoms with Crippen LogP contribution in [0.4, 0.5) is 0 Å². The van der Waals surface area contributed by atoms with E-state index in [1.807, 2.05) is 0 Å². The maximum atomic E-state index is 12.4. The molecule has 0 radical (unpaired) electrons. The van der Waals surface area contributed by atoms with Crippen LogP contribution in [0.1, 0.15) is 59.6 Å². The number of hydrogen-bond acceptors (Lipinski definition) is 3. The summed E-state index contributed by atoms with van der Waals surface area (Å²) in [6.07, 6.45) is 5.45. The van der Waals surface area contributed by atoms with Gasteiger partial charge in [0.1, 0.15) is 0 Å². The number of thiophene rings is 1. The van der Waals surface area contributed by atoms with E-state index in [4.69, 9.17) is 4.74 Å². The van der Waals surface area contributed by atoms with Gasteiger partial charge in [-0.05, 0) is 44.2 Å². The average molecular weight is 295 g/mol. The molecular weight excluding hydrogens is 270 g/mol. The van der Waals surface area contributed by atoms with Crippen molar-refractivity contribution < 1.29 is 9.53 Å². The van der Waals surface area contributed by atoms with Crippen molar-refractivity contribution in [3.8, 4) is 0 Å². The molecule has 1 aliphatic heterocycles. The molecule has 3 nitrogen and oxygen atoms in total. The third-order valence-electron chi connectivity index (χ3n) is 3.93. The predicted octanol–water partition coefficient (Wildman–Crippen LogP) is 3.70. The van der Waals surface area contributed by atoms with Gasteiger partial charge in [-0.15, -0.1) is 11.3 Å². The van der Waals surface area contributed by atoms with E-state index in [2.05, 4.69) is 32.2 Å². The topological polar surface area (TPSA) is 38.3 Å². The van der Waals surface area contributed by atoms with Crippen LogP contribution >= 0.6 is 11.3 Å². The fraction of sp³-hybridized carbons (Fsp3) is 0.688. The lowest BCUT2D eigenvalue weighted by Crippen LogP contribution is -2.42. The molecule has 4 heteroatoms. The highest BCUT2D eigenvalue weighted by Gasteiger charge is 2.26. The van der Waals surface area contributed by atoms with Gasteiger partial charge in [0.05, 0.1) is 17.0 Å². The SMILES string of the molecule is CCCc1cc(C(=O)NC(CC)C2CCCO2)sc1C. The van der Waals surface area contributed by atoms with Gasteiger partial charge in [0, 0.05) is 11.5 Å². The molecule has 1 amide bonds. The largest absolute Gasteiger partial charge is 0.376 e. The van der Waals surface area contributed by atoms with Crippen LogP contribution in [0.25, 0.3) is 0 Å². The number of amides is 1. The second kappa shape index (κ2) is 7.23. The standard InChI is InChI=1S/C16H25NO2S/c1-4-7-12-10-15(20-11(12)3)16(18)17-13(5-2)14-8-6-9-19-14/h10,13-14H,4-9H2,1-3H3,(H,17,18). The Morgan fingerprint density at radius 3 is 2.95 bits per heavy atom. The summed E-state index contributed by atoms with van der Waals surface area (Å²) in [7, 11) is 0. The van der Waals surface area contributed by atoms with E-state index in [0.717, 1.165) is 43.6 Å². The molecular formula is C16H25NO2S. The minimum atomic E-state index is 0.0582. The Kier molecular flexibility index (Phi) is 5.61. The molecule has 1 N–H and O–H groups in total. The maximum absolute atomic E-state index is 12.4. The first-order valence-corrected chi connectivity index (χ1v) is 8.49. The molecule has 1 fully saturated rings. The van der Waals surface area contributed by atoms with Gasteiger partial charge >= 0.3 is 0 Å². The van der Waals surface area contributed by atoms with Gasteiger partial charge in [-0.2, -0.15) is 0 Å². The van der Waals surface area contributed by atoms with Gasteiger partial charge in [0.15, 0.2) is 0 Å². The number of nitrogens with one attached hydrogen (secondary N) is 1. The van der Waals surface area contributed by atoms with Crippen LogP contribution in [-0.4, -0.2) is 24.7 Å². The average Bonchev–Trinajstić information content (AvgIpc) is 3.07. The molecule has 0 aromatic carbocycles. The molecule has 2 atom stereocenters. The van der Waals surface area contributed by atoms with E-state index in [1.165, 1.54) is 10.4 Å². The zero-order chi connectivity index (χ0) is 14.5. The molecule has 20 heavy (non-hydrogen) atoms. The fourth-order valence-electron chi connectivity index (χ4n) is 2.77. The third kappa shape index (κ3) is 3.61. The smallest absolute Gasteiger partial charge is 0.261 e. The number of hydrogen-bond donors (Lipinski definition) is 1. The molecule has 1 aromatic rings. The zero-order valence-electron chi connectivity index (χ0n) is 12.7. The minimum Gasteiger partial charge on any atom is -0.376 e. The lowest BCUT2D eigenvalue weighted by molar-refractivity contribution is 0.0667. The molecule has 2 heterocycles. The monoisotopic (exact) mass is 295 g/mol. The van der Waals surface area contributed by atoms with Crippen molar-refractivity contribution in [2.75, 3.05) is 6.61 Å². The van der Waals surface area contributed by atoms with E-state index in [9.17, 15) is 4.79 Å². The summed E-state index contributed by atoms with van der Waals surface area (Å²) < 4.78 is 5.70. The fourth-order valence-corrected chi connectivity index (χ4v) is 3.74. The Bertz CT molecular complexity index is 449. The molecule has 2 unspecified atom stereocenters. The van der Waals surface area contributed by atoms with Gasteiger partial charge in [-0.1, -0.05) is 20.3 Å². The molecule has 0 bridgehead atoms. The number of carbonyl (C=O) groups excluding carboxylic acids is 1. The van der Waals surface area contributed by atoms with Crippen molar-refractivity contribution in [2.45, 2.75) is 65.0 Å². The molecule has 0 aliphatic carbocycles. The normalized spacial score (nSPS) is 20.1. The number of rotatable bonds is 6. The van der Waals surface area contributed by atoms with E-state index >= 15 is 0 Å². The van der Waals surface area contributed by atoms with Crippen LogP contribution in [0.15, 0.2) is 6.07 Å². The van der Waals surface area contributed by atoms with Gasteiger partial charge < -0.3 is 10.1 Å². The van der Waals surface area contributed by atoms with Gasteiger partial charge in [-0.3, -0.25) is 4.79 Å². The summed E-state index contributed by atoms with van der Waals surface area (Å²) in [5.41, 5.74) is 1.31. The van der Waals surface area contributed by atoms with Crippen molar-refractivity contribution in [1.29, 1.82) is 0 Å². The lowest BCUT2D eigenvalue weighted by Gasteiger charge is -2.22. The van der Waals surface area contributed by atoms with Gasteiger partial charge in [0.25, 0.3) is 5.91 Å². The predicted molar refractivity (Wildman–Crippen MR) is 83.6 cm³/mol. The van der Waals surface area contributed by atoms with Crippen molar-refractivity contribution in [1.82, 2.24) is 5.32 Å². The Hall–Kier alpha value is -0.870. The summed E-state index contributed by atoms with van der Waals surface area (Å²) in [4.78, 5) is 14.5. The number of carbonyl (C=O) groups is 1. The van der Waals surface area contributed by atoms with Crippen LogP contribution in [0, 0.1) is 6.92 Å². The molecule has 1 saturated heterocycles. The van der Waals surface area contributed by atoms with Crippen LogP contribution in [-0.2, 0) is 11.2 Å². The molecule has 0 spiro atoms. The van der Waals surface area contributed by atoms with Crippen LogP contribution in [0.5, 0.6) is 0 Å². The highest BCUT2D eigenvalue weighted by Crippen LogP contribution is 2.24. The van der Waals surface area contributed by atoms with Crippen LogP contribution in [0.2, 0.25) is 0 Å². The molecule has 1 aromatic heterocycles. The first-order valence-electron chi connectivity index (χ1n) is 7.67. The maximum Gasteiger partial charge on any atom is 0.261 e. The van der Waals surface area contributed by atoms with E-state index < -0.39 is 0 Å². The first-order chi connectivity index (χ1) is 9.65. The van der Waals surface area contributed by atoms with E-state index in [1.54, 1.807) is 11.3 Å². The second-order valence-electron chi connectivity index (χ2n) is 5.48. The molecule has 2 rings (SSSR count). The summed E-state index contributed by atoms with van der Waals surface area (Å²) in [5, 5.41) is 3.15. The highest BCUT2D eigenvalue weighted by atomic mass is 32.1. The molecule has 1 aliphatic rings. The third-order valence-corrected chi connectivity index (χ3v) is 5.03. The lowest BCUT2D eigenvalue weighted by atomic mass is 10.1. The minimum absolute atomic E-state index is 0.0582. The molecule has 112 valence electrons. The van der Waals surface area contributed by atoms with Crippen molar-refractivity contribution in [3.63, 3.8) is 0 Å². The summed E-state index contributed by atoms with van der Waals surface area (Å²) in [6.45, 7) is 7.20. The highest BCUT2D eigenvalue weighted by molar-refractivity contribution is 7.14. The van der Waals surface area contributed by atoms with E-state index in [0.29, 0.717) is 0 Å². The summed E-state index contributed by atoms with van der Waals surface area (Å²) in [5.74, 6) is 0.0582. The van der Waals surface area contributed by atoms with Crippen molar-refractivity contribution >= 4 is 17.2 Å². The zero-order valence-corrected chi connectivity index (χ0v) is 13.5. The Balaban J connectivity index is 2.01. The van der Waals surface area contributed by atoms with Crippen molar-refractivity contribution in [3.05, 3.63) is 21.4 Å². The van der Waals surface area contributed by atoms with Gasteiger partial charge in [-0.25, -0.2) is 0 Å². The van der Waals surface area contributed by atoms with Crippen LogP contribution < -0.4 is 5.32 Å². The number of aryl methyl sites for hydroxylation is 2. The van der Waals surface area contributed by atoms with Crippen LogP contribution in [0.3, 0.4) is 0 Å². The quantitative estimate of drug-likeness (QED) is 0.869. The first kappa shape index (κ1) is 15.5. The van der Waals surface area contributed by atoms with Crippen molar-refractivity contribution in [2.24, 2.45) is 0 Å². The summed E-state index contributed by atoms with van der Waals surface area (Å²) >= 11 is 1.60. The summed E-state index contributed by atoms with van der Waals surface area (Å²) in [6, 6.07) is 2.20. The number of ether oxygens (including phenoxy) is 1. The Labute approximate surface area is 125 Å². The van der Waals surface area contributed by atoms with Gasteiger partial charge in [0.2, 0.25) is 0 Å². The second-order valence-corrected chi connectivity index (χ2v) is 6.74. The van der Waals surface area contributed by atoms with E-state index in [-0.39, 0.29) is 18.1 Å².